The lowest BCUT2D eigenvalue weighted by molar-refractivity contribution is -0.143. The number of hydrogen-bond donors (Lipinski definition) is 14. The fraction of sp³-hybridized carbons (Fsp3) is 0.559. The first-order chi connectivity index (χ1) is 26.7. The number of carbonyl (C=O) groups is 8. The van der Waals surface area contributed by atoms with E-state index in [-0.39, 0.29) is 44.1 Å². The fourth-order valence-corrected chi connectivity index (χ4v) is 4.90. The minimum Gasteiger partial charge on any atom is -0.508 e. The molecular formula is C34H55N11O12. The van der Waals surface area contributed by atoms with E-state index in [4.69, 9.17) is 17.2 Å². The van der Waals surface area contributed by atoms with Crippen molar-refractivity contribution < 1.29 is 58.8 Å². The second-order valence-electron chi connectivity index (χ2n) is 13.3. The second kappa shape index (κ2) is 24.4. The molecule has 0 bridgehead atoms. The number of nitrogens with zero attached hydrogens (tertiary/aromatic N) is 1. The van der Waals surface area contributed by atoms with E-state index in [9.17, 15) is 58.8 Å². The highest BCUT2D eigenvalue weighted by molar-refractivity contribution is 5.97. The molecule has 0 heterocycles. The number of carboxylic acid groups (broad SMARTS) is 1. The van der Waals surface area contributed by atoms with Gasteiger partial charge in [-0.05, 0) is 50.3 Å². The molecule has 0 saturated heterocycles. The van der Waals surface area contributed by atoms with Crippen LogP contribution < -0.4 is 54.4 Å². The van der Waals surface area contributed by atoms with Gasteiger partial charge < -0.3 is 74.8 Å². The molecule has 0 aliphatic rings. The molecule has 0 spiro atoms. The van der Waals surface area contributed by atoms with Gasteiger partial charge >= 0.3 is 5.97 Å². The molecule has 0 aromatic heterocycles. The number of aliphatic hydroxyl groups excluding tert-OH is 2. The van der Waals surface area contributed by atoms with Gasteiger partial charge in [0.25, 0.3) is 0 Å². The van der Waals surface area contributed by atoms with Crippen molar-refractivity contribution in [2.75, 3.05) is 26.2 Å². The van der Waals surface area contributed by atoms with E-state index in [1.807, 2.05) is 0 Å². The molecule has 318 valence electrons. The average molecular weight is 810 g/mol. The number of hydrogen-bond acceptors (Lipinski definition) is 13. The molecule has 0 fully saturated rings. The van der Waals surface area contributed by atoms with Gasteiger partial charge in [0.2, 0.25) is 41.4 Å². The smallest absolute Gasteiger partial charge is 0.328 e. The van der Waals surface area contributed by atoms with Crippen LogP contribution in [0.15, 0.2) is 29.3 Å². The number of nitrogens with one attached hydrogen (secondary N) is 7. The first kappa shape index (κ1) is 48.9. The van der Waals surface area contributed by atoms with E-state index < -0.39 is 109 Å². The summed E-state index contributed by atoms with van der Waals surface area (Å²) in [7, 11) is 0. The average Bonchev–Trinajstić information content (AvgIpc) is 3.14. The number of carbonyl (C=O) groups excluding carboxylic acids is 7. The van der Waals surface area contributed by atoms with Crippen LogP contribution in [0.1, 0.15) is 46.1 Å². The summed E-state index contributed by atoms with van der Waals surface area (Å²) >= 11 is 0. The molecule has 1 rings (SSSR count). The number of benzene rings is 1. The second-order valence-corrected chi connectivity index (χ2v) is 13.3. The van der Waals surface area contributed by atoms with E-state index >= 15 is 0 Å². The molecule has 0 aliphatic heterocycles. The Bertz CT molecular complexity index is 1590. The van der Waals surface area contributed by atoms with Gasteiger partial charge in [0.05, 0.1) is 25.8 Å². The largest absolute Gasteiger partial charge is 0.508 e. The molecular weight excluding hydrogens is 754 g/mol. The Morgan fingerprint density at radius 2 is 1.28 bits per heavy atom. The Morgan fingerprint density at radius 1 is 0.719 bits per heavy atom. The van der Waals surface area contributed by atoms with E-state index in [1.165, 1.54) is 31.2 Å². The lowest BCUT2D eigenvalue weighted by Gasteiger charge is -2.28. The molecule has 1 aromatic rings. The highest BCUT2D eigenvalue weighted by Gasteiger charge is 2.34. The lowest BCUT2D eigenvalue weighted by Crippen LogP contribution is -2.61. The number of nitrogens with two attached hydrogens (primary N) is 3. The number of guanidine groups is 1. The van der Waals surface area contributed by atoms with Crippen molar-refractivity contribution >= 4 is 53.3 Å². The van der Waals surface area contributed by atoms with Crippen LogP contribution >= 0.6 is 0 Å². The van der Waals surface area contributed by atoms with E-state index in [1.54, 1.807) is 13.8 Å². The monoisotopic (exact) mass is 809 g/mol. The maximum atomic E-state index is 13.6. The van der Waals surface area contributed by atoms with E-state index in [0.717, 1.165) is 6.92 Å². The molecule has 1 aromatic carbocycles. The van der Waals surface area contributed by atoms with Crippen LogP contribution in [0.3, 0.4) is 0 Å². The maximum absolute atomic E-state index is 13.6. The molecule has 17 N–H and O–H groups in total. The topological polar surface area (TPSA) is 392 Å². The number of amides is 7. The minimum absolute atomic E-state index is 0.0218. The number of aliphatic imine (C=N–C) groups is 1. The Morgan fingerprint density at radius 3 is 1.81 bits per heavy atom. The maximum Gasteiger partial charge on any atom is 0.328 e. The zero-order valence-corrected chi connectivity index (χ0v) is 32.1. The van der Waals surface area contributed by atoms with Crippen LogP contribution in [0.2, 0.25) is 0 Å². The van der Waals surface area contributed by atoms with Gasteiger partial charge in [-0.25, -0.2) is 4.79 Å². The normalized spacial score (nSPS) is 14.5. The van der Waals surface area contributed by atoms with Crippen molar-refractivity contribution in [3.05, 3.63) is 29.8 Å². The molecule has 0 radical (unpaired) electrons. The standard InChI is InChI=1S/C34H55N11O12/c1-16(2)26(44-25(50)14-39-24(49)13-35)31(54)42-22(12-19-7-9-20(48)10-8-19)30(53)40-17(3)28(51)45-27(18(4)47)32(55)41-21(6-5-11-38-34(36)37)29(52)43-23(15-46)33(56)57/h7-10,16-18,21-23,26-27,46-48H,5-6,11-15,35H2,1-4H3,(H,39,49)(H,40,53)(H,41,55)(H,42,54)(H,43,52)(H,44,50)(H,45,51)(H,56,57)(H4,36,37,38)/t17-,18+,21-,22-,23-,26-,27-/m0/s1. The quantitative estimate of drug-likeness (QED) is 0.0263. The van der Waals surface area contributed by atoms with Crippen LogP contribution in [0.4, 0.5) is 0 Å². The minimum atomic E-state index is -1.71. The fourth-order valence-electron chi connectivity index (χ4n) is 4.90. The summed E-state index contributed by atoms with van der Waals surface area (Å²) in [4.78, 5) is 106. The zero-order chi connectivity index (χ0) is 43.4. The predicted octanol–water partition coefficient (Wildman–Crippen LogP) is -5.89. The molecule has 0 saturated carbocycles. The van der Waals surface area contributed by atoms with Crippen LogP contribution in [0.25, 0.3) is 0 Å². The van der Waals surface area contributed by atoms with E-state index in [2.05, 4.69) is 42.2 Å². The van der Waals surface area contributed by atoms with Gasteiger partial charge in [0.1, 0.15) is 42.0 Å². The van der Waals surface area contributed by atoms with Gasteiger partial charge in [-0.15, -0.1) is 0 Å². The summed E-state index contributed by atoms with van der Waals surface area (Å²) in [6.07, 6.45) is -1.75. The van der Waals surface area contributed by atoms with Crippen molar-refractivity contribution in [1.82, 2.24) is 37.2 Å². The SMILES string of the molecule is CC(C)[C@H](NC(=O)CNC(=O)CN)C(=O)N[C@@H](Cc1ccc(O)cc1)C(=O)N[C@@H](C)C(=O)N[C@H](C(=O)N[C@@H](CCCN=C(N)N)C(=O)N[C@@H](CO)C(=O)O)[C@@H](C)O. The predicted molar refractivity (Wildman–Crippen MR) is 202 cm³/mol. The summed E-state index contributed by atoms with van der Waals surface area (Å²) in [5, 5.41) is 55.2. The number of phenols is 1. The Balaban J connectivity index is 3.21. The van der Waals surface area contributed by atoms with Crippen LogP contribution in [0.5, 0.6) is 5.75 Å². The van der Waals surface area contributed by atoms with Crippen molar-refractivity contribution in [2.24, 2.45) is 28.1 Å². The van der Waals surface area contributed by atoms with Crippen LogP contribution in [-0.2, 0) is 44.8 Å². The summed E-state index contributed by atoms with van der Waals surface area (Å²) in [5.74, 6) is -8.39. The summed E-state index contributed by atoms with van der Waals surface area (Å²) in [6.45, 7) is 3.90. The summed E-state index contributed by atoms with van der Waals surface area (Å²) in [5.41, 5.74) is 16.3. The molecule has 57 heavy (non-hydrogen) atoms. The van der Waals surface area contributed by atoms with Crippen molar-refractivity contribution in [3.63, 3.8) is 0 Å². The highest BCUT2D eigenvalue weighted by atomic mass is 16.4. The lowest BCUT2D eigenvalue weighted by atomic mass is 10.0. The van der Waals surface area contributed by atoms with Gasteiger partial charge in [-0.1, -0.05) is 26.0 Å². The number of aliphatic carboxylic acids is 1. The Hall–Kier alpha value is -6.07. The van der Waals surface area contributed by atoms with Crippen LogP contribution in [-0.4, -0.2) is 142 Å². The number of aromatic hydroxyl groups is 1. The van der Waals surface area contributed by atoms with Gasteiger partial charge in [0.15, 0.2) is 5.96 Å². The first-order valence-corrected chi connectivity index (χ1v) is 17.8. The van der Waals surface area contributed by atoms with E-state index in [0.29, 0.717) is 5.56 Å². The zero-order valence-electron chi connectivity index (χ0n) is 32.1. The van der Waals surface area contributed by atoms with Crippen molar-refractivity contribution in [2.45, 2.75) is 89.3 Å². The molecule has 0 aliphatic carbocycles. The number of carboxylic acids is 1. The third kappa shape index (κ3) is 18.0. The van der Waals surface area contributed by atoms with Crippen LogP contribution in [0, 0.1) is 5.92 Å². The van der Waals surface area contributed by atoms with Gasteiger partial charge in [0, 0.05) is 13.0 Å². The first-order valence-electron chi connectivity index (χ1n) is 17.8. The molecule has 0 unspecified atom stereocenters. The third-order valence-electron chi connectivity index (χ3n) is 8.10. The van der Waals surface area contributed by atoms with Gasteiger partial charge in [-0.3, -0.25) is 38.6 Å². The molecule has 23 nitrogen and oxygen atoms in total. The molecule has 7 atom stereocenters. The summed E-state index contributed by atoms with van der Waals surface area (Å²) < 4.78 is 0. The number of rotatable bonds is 24. The third-order valence-corrected chi connectivity index (χ3v) is 8.10. The Labute approximate surface area is 328 Å². The molecule has 23 heteroatoms. The number of phenolic OH excluding ortho intramolecular Hbond substituents is 1. The number of aliphatic hydroxyl groups is 2. The van der Waals surface area contributed by atoms with Crippen molar-refractivity contribution in [1.29, 1.82) is 0 Å². The summed E-state index contributed by atoms with van der Waals surface area (Å²) in [6, 6.07) is -3.12. The highest BCUT2D eigenvalue weighted by Crippen LogP contribution is 2.13. The molecule has 7 amide bonds. The van der Waals surface area contributed by atoms with Gasteiger partial charge in [-0.2, -0.15) is 0 Å². The van der Waals surface area contributed by atoms with Crippen molar-refractivity contribution in [3.8, 4) is 5.75 Å². The Kier molecular flexibility index (Phi) is 21.0.